The number of anilines is 2. The van der Waals surface area contributed by atoms with E-state index >= 15 is 0 Å². The van der Waals surface area contributed by atoms with Crippen molar-refractivity contribution >= 4 is 29.1 Å². The highest BCUT2D eigenvalue weighted by Gasteiger charge is 2.33. The van der Waals surface area contributed by atoms with E-state index in [0.717, 1.165) is 6.07 Å². The van der Waals surface area contributed by atoms with Gasteiger partial charge in [0.1, 0.15) is 0 Å². The fourth-order valence-corrected chi connectivity index (χ4v) is 2.05. The second-order valence-corrected chi connectivity index (χ2v) is 4.89. The SMILES string of the molecule is O=C(O)NCc1ncc(Nc2ccccc2C(F)(F)F)cc1Cl. The summed E-state index contributed by atoms with van der Waals surface area (Å²) in [6.45, 7) is -0.104. The van der Waals surface area contributed by atoms with E-state index < -0.39 is 17.8 Å². The van der Waals surface area contributed by atoms with Crippen LogP contribution in [0.1, 0.15) is 11.3 Å². The normalized spacial score (nSPS) is 11.1. The van der Waals surface area contributed by atoms with Crippen LogP contribution in [-0.2, 0) is 12.7 Å². The molecule has 0 aliphatic heterocycles. The summed E-state index contributed by atoms with van der Waals surface area (Å²) < 4.78 is 38.8. The first-order chi connectivity index (χ1) is 10.8. The Bertz CT molecular complexity index is 723. The van der Waals surface area contributed by atoms with Gasteiger partial charge < -0.3 is 15.7 Å². The van der Waals surface area contributed by atoms with Crippen LogP contribution in [0, 0.1) is 0 Å². The first-order valence-corrected chi connectivity index (χ1v) is 6.69. The molecule has 0 spiro atoms. The van der Waals surface area contributed by atoms with Crippen LogP contribution in [0.4, 0.5) is 29.3 Å². The van der Waals surface area contributed by atoms with Crippen LogP contribution >= 0.6 is 11.6 Å². The van der Waals surface area contributed by atoms with Gasteiger partial charge >= 0.3 is 12.3 Å². The number of nitrogens with one attached hydrogen (secondary N) is 2. The van der Waals surface area contributed by atoms with Gasteiger partial charge in [0.15, 0.2) is 0 Å². The van der Waals surface area contributed by atoms with Crippen LogP contribution < -0.4 is 10.6 Å². The molecule has 0 saturated carbocycles. The van der Waals surface area contributed by atoms with Gasteiger partial charge in [-0.3, -0.25) is 4.98 Å². The third-order valence-electron chi connectivity index (χ3n) is 2.84. The molecule has 1 aromatic carbocycles. The fourth-order valence-electron chi connectivity index (χ4n) is 1.82. The Hall–Kier alpha value is -2.48. The van der Waals surface area contributed by atoms with Gasteiger partial charge in [-0.25, -0.2) is 4.79 Å². The Morgan fingerprint density at radius 3 is 2.61 bits per heavy atom. The molecule has 0 radical (unpaired) electrons. The first-order valence-electron chi connectivity index (χ1n) is 6.32. The number of hydrogen-bond acceptors (Lipinski definition) is 3. The maximum absolute atomic E-state index is 12.9. The number of rotatable bonds is 4. The molecule has 9 heteroatoms. The molecule has 23 heavy (non-hydrogen) atoms. The zero-order valence-electron chi connectivity index (χ0n) is 11.5. The third kappa shape index (κ3) is 4.49. The summed E-state index contributed by atoms with van der Waals surface area (Å²) >= 11 is 5.95. The van der Waals surface area contributed by atoms with Crippen LogP contribution in [0.5, 0.6) is 0 Å². The third-order valence-corrected chi connectivity index (χ3v) is 3.16. The number of amides is 1. The molecule has 0 atom stereocenters. The van der Waals surface area contributed by atoms with E-state index in [4.69, 9.17) is 16.7 Å². The lowest BCUT2D eigenvalue weighted by molar-refractivity contribution is -0.136. The molecule has 5 nitrogen and oxygen atoms in total. The van der Waals surface area contributed by atoms with Crippen molar-refractivity contribution < 1.29 is 23.1 Å². The van der Waals surface area contributed by atoms with Crippen molar-refractivity contribution in [2.75, 3.05) is 5.32 Å². The number of nitrogens with zero attached hydrogens (tertiary/aromatic N) is 1. The monoisotopic (exact) mass is 345 g/mol. The van der Waals surface area contributed by atoms with Gasteiger partial charge in [0, 0.05) is 0 Å². The Kier molecular flexibility index (Phi) is 4.95. The zero-order chi connectivity index (χ0) is 17.0. The maximum Gasteiger partial charge on any atom is 0.418 e. The quantitative estimate of drug-likeness (QED) is 0.773. The van der Waals surface area contributed by atoms with E-state index in [-0.39, 0.29) is 28.6 Å². The minimum atomic E-state index is -4.49. The summed E-state index contributed by atoms with van der Waals surface area (Å²) in [4.78, 5) is 14.4. The predicted molar refractivity (Wildman–Crippen MR) is 78.8 cm³/mol. The largest absolute Gasteiger partial charge is 0.465 e. The fraction of sp³-hybridized carbons (Fsp3) is 0.143. The van der Waals surface area contributed by atoms with Gasteiger partial charge in [0.25, 0.3) is 0 Å². The highest BCUT2D eigenvalue weighted by molar-refractivity contribution is 6.31. The number of carboxylic acid groups (broad SMARTS) is 1. The summed E-state index contributed by atoms with van der Waals surface area (Å²) in [6, 6.07) is 6.39. The number of aromatic nitrogens is 1. The van der Waals surface area contributed by atoms with E-state index in [1.54, 1.807) is 0 Å². The van der Waals surface area contributed by atoms with E-state index in [2.05, 4.69) is 15.6 Å². The van der Waals surface area contributed by atoms with Gasteiger partial charge in [0.2, 0.25) is 0 Å². The van der Waals surface area contributed by atoms with E-state index in [1.165, 1.54) is 30.5 Å². The van der Waals surface area contributed by atoms with Crippen molar-refractivity contribution in [3.63, 3.8) is 0 Å². The average Bonchev–Trinajstić information content (AvgIpc) is 2.45. The van der Waals surface area contributed by atoms with E-state index in [1.807, 2.05) is 0 Å². The predicted octanol–water partition coefficient (Wildman–Crippen LogP) is 4.27. The molecule has 0 fully saturated rings. The Morgan fingerprint density at radius 2 is 2.00 bits per heavy atom. The summed E-state index contributed by atoms with van der Waals surface area (Å²) in [7, 11) is 0. The standard InChI is InChI=1S/C14H11ClF3N3O2/c15-10-5-8(6-19-12(10)7-20-13(22)23)21-11-4-2-1-3-9(11)14(16,17)18/h1-6,20-21H,7H2,(H,22,23). The topological polar surface area (TPSA) is 74.2 Å². The second kappa shape index (κ2) is 6.74. The molecule has 0 saturated heterocycles. The zero-order valence-corrected chi connectivity index (χ0v) is 12.2. The lowest BCUT2D eigenvalue weighted by Gasteiger charge is -2.14. The molecule has 2 rings (SSSR count). The average molecular weight is 346 g/mol. The number of para-hydroxylation sites is 1. The molecular formula is C14H11ClF3N3O2. The lowest BCUT2D eigenvalue weighted by atomic mass is 10.1. The van der Waals surface area contributed by atoms with E-state index in [0.29, 0.717) is 0 Å². The van der Waals surface area contributed by atoms with E-state index in [9.17, 15) is 18.0 Å². The van der Waals surface area contributed by atoms with Crippen LogP contribution in [0.15, 0.2) is 36.5 Å². The van der Waals surface area contributed by atoms with Crippen LogP contribution in [0.3, 0.4) is 0 Å². The van der Waals surface area contributed by atoms with Crippen molar-refractivity contribution in [3.05, 3.63) is 52.8 Å². The Labute approximate surface area is 134 Å². The smallest absolute Gasteiger partial charge is 0.418 e. The van der Waals surface area contributed by atoms with Gasteiger partial charge in [0.05, 0.1) is 40.4 Å². The van der Waals surface area contributed by atoms with Gasteiger partial charge in [-0.2, -0.15) is 13.2 Å². The summed E-state index contributed by atoms with van der Waals surface area (Å²) in [6.07, 6.45) is -4.45. The number of alkyl halides is 3. The Balaban J connectivity index is 2.22. The molecular weight excluding hydrogens is 335 g/mol. The molecule has 1 heterocycles. The van der Waals surface area contributed by atoms with Gasteiger partial charge in [-0.05, 0) is 18.2 Å². The molecule has 1 amide bonds. The number of hydrogen-bond donors (Lipinski definition) is 3. The molecule has 3 N–H and O–H groups in total. The number of halogens is 4. The van der Waals surface area contributed by atoms with Gasteiger partial charge in [-0.15, -0.1) is 0 Å². The molecule has 0 bridgehead atoms. The van der Waals surface area contributed by atoms with Crippen LogP contribution in [0.25, 0.3) is 0 Å². The van der Waals surface area contributed by atoms with Crippen molar-refractivity contribution in [2.24, 2.45) is 0 Å². The van der Waals surface area contributed by atoms with Crippen LogP contribution in [0.2, 0.25) is 5.02 Å². The minimum absolute atomic E-state index is 0.104. The highest BCUT2D eigenvalue weighted by atomic mass is 35.5. The Morgan fingerprint density at radius 1 is 1.30 bits per heavy atom. The van der Waals surface area contributed by atoms with Crippen LogP contribution in [-0.4, -0.2) is 16.2 Å². The highest BCUT2D eigenvalue weighted by Crippen LogP contribution is 2.36. The van der Waals surface area contributed by atoms with Crippen molar-refractivity contribution in [2.45, 2.75) is 12.7 Å². The molecule has 0 aliphatic carbocycles. The lowest BCUT2D eigenvalue weighted by Crippen LogP contribution is -2.20. The summed E-state index contributed by atoms with van der Waals surface area (Å²) in [5, 5.41) is 13.4. The molecule has 1 aromatic heterocycles. The molecule has 2 aromatic rings. The minimum Gasteiger partial charge on any atom is -0.465 e. The van der Waals surface area contributed by atoms with Crippen molar-refractivity contribution in [3.8, 4) is 0 Å². The first kappa shape index (κ1) is 16.9. The number of pyridine rings is 1. The number of carbonyl (C=O) groups is 1. The molecule has 0 unspecified atom stereocenters. The molecule has 0 aliphatic rings. The summed E-state index contributed by atoms with van der Waals surface area (Å²) in [5.41, 5.74) is -0.420. The van der Waals surface area contributed by atoms with Crippen molar-refractivity contribution in [1.82, 2.24) is 10.3 Å². The maximum atomic E-state index is 12.9. The molecule has 122 valence electrons. The second-order valence-electron chi connectivity index (χ2n) is 4.48. The van der Waals surface area contributed by atoms with Crippen molar-refractivity contribution in [1.29, 1.82) is 0 Å². The number of benzene rings is 1. The summed E-state index contributed by atoms with van der Waals surface area (Å²) in [5.74, 6) is 0. The van der Waals surface area contributed by atoms with Gasteiger partial charge in [-0.1, -0.05) is 23.7 Å².